The molecule has 1 aliphatic rings. The Labute approximate surface area is 186 Å². The summed E-state index contributed by atoms with van der Waals surface area (Å²) in [6.07, 6.45) is 7.09. The smallest absolute Gasteiger partial charge is 0.191 e. The summed E-state index contributed by atoms with van der Waals surface area (Å²) in [5.74, 6) is 4.26. The number of methoxy groups -OCH3 is 1. The van der Waals surface area contributed by atoms with Crippen molar-refractivity contribution in [3.05, 3.63) is 35.3 Å². The number of anilines is 1. The van der Waals surface area contributed by atoms with Crippen LogP contribution in [-0.4, -0.2) is 55.7 Å². The van der Waals surface area contributed by atoms with Crippen LogP contribution in [-0.2, 0) is 6.54 Å². The number of thiazole rings is 1. The summed E-state index contributed by atoms with van der Waals surface area (Å²) in [6.45, 7) is 4.08. The highest BCUT2D eigenvalue weighted by Gasteiger charge is 2.19. The molecule has 0 unspecified atom stereocenters. The number of nitrogens with two attached hydrogens (primary N) is 1. The van der Waals surface area contributed by atoms with Crippen molar-refractivity contribution < 1.29 is 9.47 Å². The number of hydrogen-bond acceptors (Lipinski definition) is 6. The van der Waals surface area contributed by atoms with Crippen molar-refractivity contribution in [1.82, 2.24) is 9.88 Å². The highest BCUT2D eigenvalue weighted by atomic mass is 127. The van der Waals surface area contributed by atoms with Gasteiger partial charge in [-0.1, -0.05) is 12.0 Å². The molecule has 0 spiro atoms. The molecule has 3 rings (SSSR count). The second-order valence-electron chi connectivity index (χ2n) is 5.94. The summed E-state index contributed by atoms with van der Waals surface area (Å²) >= 11 is 1.66. The Kier molecular flexibility index (Phi) is 8.66. The van der Waals surface area contributed by atoms with Crippen LogP contribution >= 0.6 is 35.3 Å². The fourth-order valence-corrected chi connectivity index (χ4v) is 3.52. The maximum Gasteiger partial charge on any atom is 0.191 e. The predicted octanol–water partition coefficient (Wildman–Crippen LogP) is 2.42. The quantitative estimate of drug-likeness (QED) is 0.277. The van der Waals surface area contributed by atoms with Crippen LogP contribution in [0.3, 0.4) is 0 Å². The molecular weight excluding hydrogens is 489 g/mol. The zero-order valence-electron chi connectivity index (χ0n) is 15.7. The maximum atomic E-state index is 6.20. The van der Waals surface area contributed by atoms with E-state index < -0.39 is 0 Å². The van der Waals surface area contributed by atoms with Crippen LogP contribution in [0, 0.1) is 12.3 Å². The predicted molar refractivity (Wildman–Crippen MR) is 124 cm³/mol. The SMILES string of the molecule is C#CCOc1cc(CN=C(N)N2CCN(c3nccs3)CC2)ccc1OC.I. The van der Waals surface area contributed by atoms with Crippen molar-refractivity contribution in [2.24, 2.45) is 10.7 Å². The number of piperazine rings is 1. The highest BCUT2D eigenvalue weighted by Crippen LogP contribution is 2.28. The van der Waals surface area contributed by atoms with Gasteiger partial charge >= 0.3 is 0 Å². The van der Waals surface area contributed by atoms with Gasteiger partial charge in [-0.3, -0.25) is 0 Å². The van der Waals surface area contributed by atoms with Crippen molar-refractivity contribution in [2.45, 2.75) is 6.54 Å². The Morgan fingerprint density at radius 3 is 2.75 bits per heavy atom. The van der Waals surface area contributed by atoms with E-state index in [1.165, 1.54) is 0 Å². The number of terminal acetylenes is 1. The van der Waals surface area contributed by atoms with Crippen molar-refractivity contribution in [3.63, 3.8) is 0 Å². The van der Waals surface area contributed by atoms with Gasteiger partial charge in [-0.05, 0) is 17.7 Å². The van der Waals surface area contributed by atoms with E-state index in [-0.39, 0.29) is 30.6 Å². The van der Waals surface area contributed by atoms with Crippen molar-refractivity contribution >= 4 is 46.4 Å². The van der Waals surface area contributed by atoms with E-state index in [2.05, 4.69) is 25.7 Å². The first-order valence-electron chi connectivity index (χ1n) is 8.63. The van der Waals surface area contributed by atoms with Crippen LogP contribution in [0.25, 0.3) is 0 Å². The molecule has 2 heterocycles. The number of aliphatic imine (C=N–C) groups is 1. The number of nitrogens with zero attached hydrogens (tertiary/aromatic N) is 4. The van der Waals surface area contributed by atoms with E-state index in [0.29, 0.717) is 24.0 Å². The third-order valence-corrected chi connectivity index (χ3v) is 5.09. The monoisotopic (exact) mass is 513 g/mol. The first-order chi connectivity index (χ1) is 13.2. The van der Waals surface area contributed by atoms with Gasteiger partial charge in [0.2, 0.25) is 0 Å². The Hall–Kier alpha value is -2.19. The van der Waals surface area contributed by atoms with E-state index in [1.807, 2.05) is 29.8 Å². The second-order valence-corrected chi connectivity index (χ2v) is 6.81. The summed E-state index contributed by atoms with van der Waals surface area (Å²) in [7, 11) is 1.60. The number of benzene rings is 1. The lowest BCUT2D eigenvalue weighted by Gasteiger charge is -2.35. The minimum absolute atomic E-state index is 0. The zero-order valence-corrected chi connectivity index (χ0v) is 18.9. The molecule has 1 aromatic heterocycles. The van der Waals surface area contributed by atoms with Crippen LogP contribution in [0.15, 0.2) is 34.8 Å². The molecule has 150 valence electrons. The lowest BCUT2D eigenvalue weighted by Crippen LogP contribution is -2.51. The van der Waals surface area contributed by atoms with Crippen molar-refractivity contribution in [3.8, 4) is 23.8 Å². The number of halogens is 1. The molecule has 9 heteroatoms. The average molecular weight is 513 g/mol. The lowest BCUT2D eigenvalue weighted by molar-refractivity contribution is 0.330. The Balaban J connectivity index is 0.00000280. The molecule has 28 heavy (non-hydrogen) atoms. The van der Waals surface area contributed by atoms with Crippen LogP contribution in [0.4, 0.5) is 5.13 Å². The molecule has 0 bridgehead atoms. The molecule has 1 aliphatic heterocycles. The molecule has 0 atom stereocenters. The number of rotatable bonds is 6. The van der Waals surface area contributed by atoms with Crippen molar-refractivity contribution in [1.29, 1.82) is 0 Å². The third-order valence-electron chi connectivity index (χ3n) is 4.26. The van der Waals surface area contributed by atoms with Gasteiger partial charge in [0, 0.05) is 37.8 Å². The number of aromatic nitrogens is 1. The van der Waals surface area contributed by atoms with Gasteiger partial charge in [-0.15, -0.1) is 41.7 Å². The normalized spacial score (nSPS) is 14.2. The molecular formula is C19H24IN5O2S. The van der Waals surface area contributed by atoms with E-state index >= 15 is 0 Å². The molecule has 2 N–H and O–H groups in total. The van der Waals surface area contributed by atoms with Crippen LogP contribution in [0.5, 0.6) is 11.5 Å². The summed E-state index contributed by atoms with van der Waals surface area (Å²) in [6, 6.07) is 5.67. The Bertz CT molecular complexity index is 814. The Morgan fingerprint density at radius 2 is 2.11 bits per heavy atom. The minimum Gasteiger partial charge on any atom is -0.493 e. The summed E-state index contributed by atoms with van der Waals surface area (Å²) in [5.41, 5.74) is 7.18. The fraction of sp³-hybridized carbons (Fsp3) is 0.368. The minimum atomic E-state index is 0. The average Bonchev–Trinajstić information content (AvgIpc) is 3.25. The van der Waals surface area contributed by atoms with Crippen molar-refractivity contribution in [2.75, 3.05) is 44.8 Å². The fourth-order valence-electron chi connectivity index (χ4n) is 2.82. The third kappa shape index (κ3) is 5.65. The molecule has 0 amide bonds. The summed E-state index contributed by atoms with van der Waals surface area (Å²) in [5, 5.41) is 3.05. The van der Waals surface area contributed by atoms with Gasteiger partial charge in [0.05, 0.1) is 13.7 Å². The van der Waals surface area contributed by atoms with E-state index in [1.54, 1.807) is 18.4 Å². The number of guanidine groups is 1. The van der Waals surface area contributed by atoms with E-state index in [0.717, 1.165) is 36.9 Å². The highest BCUT2D eigenvalue weighted by molar-refractivity contribution is 14.0. The van der Waals surface area contributed by atoms with Crippen LogP contribution in [0.2, 0.25) is 0 Å². The molecule has 0 saturated carbocycles. The molecule has 1 aromatic carbocycles. The van der Waals surface area contributed by atoms with Crippen LogP contribution < -0.4 is 20.1 Å². The van der Waals surface area contributed by atoms with E-state index in [9.17, 15) is 0 Å². The van der Waals surface area contributed by atoms with Crippen LogP contribution in [0.1, 0.15) is 5.56 Å². The first-order valence-corrected chi connectivity index (χ1v) is 9.51. The maximum absolute atomic E-state index is 6.20. The van der Waals surface area contributed by atoms with Gasteiger partial charge in [0.1, 0.15) is 6.61 Å². The molecule has 1 saturated heterocycles. The Morgan fingerprint density at radius 1 is 1.32 bits per heavy atom. The molecule has 1 fully saturated rings. The zero-order chi connectivity index (χ0) is 19.1. The summed E-state index contributed by atoms with van der Waals surface area (Å²) < 4.78 is 10.8. The topological polar surface area (TPSA) is 76.2 Å². The molecule has 7 nitrogen and oxygen atoms in total. The molecule has 0 radical (unpaired) electrons. The van der Waals surface area contributed by atoms with E-state index in [4.69, 9.17) is 21.6 Å². The molecule has 2 aromatic rings. The largest absolute Gasteiger partial charge is 0.493 e. The van der Waals surface area contributed by atoms with Gasteiger partial charge in [-0.2, -0.15) is 0 Å². The van der Waals surface area contributed by atoms with Gasteiger partial charge in [0.15, 0.2) is 22.6 Å². The summed E-state index contributed by atoms with van der Waals surface area (Å²) in [4.78, 5) is 13.3. The second kappa shape index (κ2) is 11.0. The standard InChI is InChI=1S/C19H23N5O2S.HI/c1-3-11-26-17-13-15(4-5-16(17)25-2)14-22-18(20)23-7-9-24(10-8-23)19-21-6-12-27-19;/h1,4-6,12-13H,7-11,14H2,2H3,(H2,20,22);1H. The number of ether oxygens (including phenoxy) is 2. The van der Waals surface area contributed by atoms with Gasteiger partial charge < -0.3 is 25.0 Å². The first kappa shape index (κ1) is 22.1. The van der Waals surface area contributed by atoms with Gasteiger partial charge in [0.25, 0.3) is 0 Å². The lowest BCUT2D eigenvalue weighted by atomic mass is 10.2. The van der Waals surface area contributed by atoms with Gasteiger partial charge in [-0.25, -0.2) is 9.98 Å². The number of hydrogen-bond donors (Lipinski definition) is 1. The molecule has 0 aliphatic carbocycles.